The minimum Gasteiger partial charge on any atom is -0.345 e. The SMILES string of the molecule is CCC1(CC)C(=O)NCC(=O)N1Cc1cccc(F)c1Br. The lowest BCUT2D eigenvalue weighted by molar-refractivity contribution is -0.155. The fraction of sp³-hybridized carbons (Fsp3) is 0.467. The molecule has 2 amide bonds. The van der Waals surface area contributed by atoms with Gasteiger partial charge in [-0.2, -0.15) is 0 Å². The van der Waals surface area contributed by atoms with Gasteiger partial charge in [0, 0.05) is 6.54 Å². The molecule has 4 nitrogen and oxygen atoms in total. The first-order valence-corrected chi connectivity index (χ1v) is 7.77. The van der Waals surface area contributed by atoms with E-state index in [1.54, 1.807) is 17.0 Å². The molecule has 2 rings (SSSR count). The monoisotopic (exact) mass is 356 g/mol. The van der Waals surface area contributed by atoms with E-state index < -0.39 is 5.54 Å². The first-order valence-electron chi connectivity index (χ1n) is 6.98. The normalized spacial score (nSPS) is 17.8. The van der Waals surface area contributed by atoms with Gasteiger partial charge in [0.05, 0.1) is 11.0 Å². The summed E-state index contributed by atoms with van der Waals surface area (Å²) in [6.07, 6.45) is 1.04. The van der Waals surface area contributed by atoms with Crippen LogP contribution in [0, 0.1) is 5.82 Å². The number of hydrogen-bond donors (Lipinski definition) is 1. The molecule has 21 heavy (non-hydrogen) atoms. The summed E-state index contributed by atoms with van der Waals surface area (Å²) in [5.74, 6) is -0.658. The maximum absolute atomic E-state index is 13.6. The quantitative estimate of drug-likeness (QED) is 0.901. The third-order valence-electron chi connectivity index (χ3n) is 4.17. The number of amides is 2. The fourth-order valence-corrected chi connectivity index (χ4v) is 3.20. The van der Waals surface area contributed by atoms with Crippen molar-refractivity contribution < 1.29 is 14.0 Å². The Morgan fingerprint density at radius 2 is 2.00 bits per heavy atom. The van der Waals surface area contributed by atoms with Gasteiger partial charge in [0.15, 0.2) is 0 Å². The van der Waals surface area contributed by atoms with Crippen LogP contribution in [0.2, 0.25) is 0 Å². The van der Waals surface area contributed by atoms with E-state index in [0.29, 0.717) is 22.9 Å². The standard InChI is InChI=1S/C15H18BrFN2O2/c1-3-15(4-2)14(21)18-8-12(20)19(15)9-10-6-5-7-11(17)13(10)16/h5-7H,3-4,8-9H2,1-2H3,(H,18,21). The van der Waals surface area contributed by atoms with Crippen molar-refractivity contribution in [3.8, 4) is 0 Å². The summed E-state index contributed by atoms with van der Waals surface area (Å²) < 4.78 is 14.0. The number of nitrogens with one attached hydrogen (secondary N) is 1. The van der Waals surface area contributed by atoms with Gasteiger partial charge < -0.3 is 10.2 Å². The van der Waals surface area contributed by atoms with Crippen LogP contribution in [0.5, 0.6) is 0 Å². The number of benzene rings is 1. The summed E-state index contributed by atoms with van der Waals surface area (Å²) in [5.41, 5.74) is -0.203. The molecule has 6 heteroatoms. The summed E-state index contributed by atoms with van der Waals surface area (Å²) in [6, 6.07) is 4.71. The number of nitrogens with zero attached hydrogens (tertiary/aromatic N) is 1. The van der Waals surface area contributed by atoms with Gasteiger partial charge in [0.25, 0.3) is 0 Å². The average molecular weight is 357 g/mol. The molecule has 0 spiro atoms. The largest absolute Gasteiger partial charge is 0.345 e. The van der Waals surface area contributed by atoms with E-state index in [-0.39, 0.29) is 30.7 Å². The van der Waals surface area contributed by atoms with E-state index in [4.69, 9.17) is 0 Å². The molecule has 0 bridgehead atoms. The summed E-state index contributed by atoms with van der Waals surface area (Å²) in [5, 5.41) is 2.65. The average Bonchev–Trinajstić information content (AvgIpc) is 2.48. The van der Waals surface area contributed by atoms with Crippen molar-refractivity contribution in [3.63, 3.8) is 0 Å². The summed E-state index contributed by atoms with van der Waals surface area (Å²) >= 11 is 3.21. The third-order valence-corrected chi connectivity index (χ3v) is 5.06. The molecule has 0 atom stereocenters. The Kier molecular flexibility index (Phi) is 4.66. The molecule has 1 fully saturated rings. The van der Waals surface area contributed by atoms with Gasteiger partial charge in [0.2, 0.25) is 11.8 Å². The van der Waals surface area contributed by atoms with Crippen LogP contribution >= 0.6 is 15.9 Å². The second-order valence-electron chi connectivity index (χ2n) is 5.11. The van der Waals surface area contributed by atoms with Crippen molar-refractivity contribution in [1.82, 2.24) is 10.2 Å². The fourth-order valence-electron chi connectivity index (χ4n) is 2.81. The van der Waals surface area contributed by atoms with Crippen LogP contribution in [-0.4, -0.2) is 28.8 Å². The number of rotatable bonds is 4. The number of carbonyl (C=O) groups excluding carboxylic acids is 2. The zero-order valence-corrected chi connectivity index (χ0v) is 13.7. The highest BCUT2D eigenvalue weighted by molar-refractivity contribution is 9.10. The highest BCUT2D eigenvalue weighted by atomic mass is 79.9. The minimum absolute atomic E-state index is 0.00643. The van der Waals surface area contributed by atoms with E-state index in [2.05, 4.69) is 21.2 Å². The lowest BCUT2D eigenvalue weighted by atomic mass is 9.87. The number of carbonyl (C=O) groups is 2. The Balaban J connectivity index is 2.40. The molecular weight excluding hydrogens is 339 g/mol. The second kappa shape index (κ2) is 6.13. The predicted octanol–water partition coefficient (Wildman–Crippen LogP) is 2.61. The molecule has 1 aliphatic rings. The lowest BCUT2D eigenvalue weighted by Crippen LogP contribution is -2.66. The molecule has 1 aromatic carbocycles. The van der Waals surface area contributed by atoms with Gasteiger partial charge in [-0.05, 0) is 40.4 Å². The predicted molar refractivity (Wildman–Crippen MR) is 81.0 cm³/mol. The van der Waals surface area contributed by atoms with Gasteiger partial charge in [-0.1, -0.05) is 26.0 Å². The van der Waals surface area contributed by atoms with Crippen LogP contribution in [0.3, 0.4) is 0 Å². The van der Waals surface area contributed by atoms with E-state index in [1.807, 2.05) is 13.8 Å². The molecule has 0 saturated carbocycles. The van der Waals surface area contributed by atoms with Crippen LogP contribution < -0.4 is 5.32 Å². The van der Waals surface area contributed by atoms with Crippen LogP contribution in [0.4, 0.5) is 4.39 Å². The van der Waals surface area contributed by atoms with Crippen LogP contribution in [-0.2, 0) is 16.1 Å². The first kappa shape index (κ1) is 15.9. The maximum Gasteiger partial charge on any atom is 0.246 e. The molecule has 1 N–H and O–H groups in total. The van der Waals surface area contributed by atoms with E-state index in [0.717, 1.165) is 0 Å². The number of halogens is 2. The van der Waals surface area contributed by atoms with Gasteiger partial charge in [-0.15, -0.1) is 0 Å². The summed E-state index contributed by atoms with van der Waals surface area (Å²) in [7, 11) is 0. The molecule has 1 saturated heterocycles. The molecule has 114 valence electrons. The topological polar surface area (TPSA) is 49.4 Å². The smallest absolute Gasteiger partial charge is 0.246 e. The molecule has 1 heterocycles. The molecule has 1 aliphatic heterocycles. The number of hydrogen-bond acceptors (Lipinski definition) is 2. The van der Waals surface area contributed by atoms with E-state index in [1.165, 1.54) is 6.07 Å². The molecule has 0 unspecified atom stereocenters. The molecule has 0 radical (unpaired) electrons. The molecule has 0 aromatic heterocycles. The minimum atomic E-state index is -0.860. The van der Waals surface area contributed by atoms with Crippen molar-refractivity contribution in [3.05, 3.63) is 34.1 Å². The van der Waals surface area contributed by atoms with Crippen LogP contribution in [0.1, 0.15) is 32.3 Å². The van der Waals surface area contributed by atoms with Crippen molar-refractivity contribution in [2.45, 2.75) is 38.8 Å². The van der Waals surface area contributed by atoms with Gasteiger partial charge in [-0.25, -0.2) is 4.39 Å². The molecular formula is C15H18BrFN2O2. The van der Waals surface area contributed by atoms with Gasteiger partial charge in [-0.3, -0.25) is 9.59 Å². The van der Waals surface area contributed by atoms with Gasteiger partial charge >= 0.3 is 0 Å². The van der Waals surface area contributed by atoms with Crippen molar-refractivity contribution >= 4 is 27.7 Å². The van der Waals surface area contributed by atoms with Crippen molar-refractivity contribution in [2.75, 3.05) is 6.54 Å². The van der Waals surface area contributed by atoms with Crippen LogP contribution in [0.15, 0.2) is 22.7 Å². The molecule has 0 aliphatic carbocycles. The zero-order chi connectivity index (χ0) is 15.6. The van der Waals surface area contributed by atoms with Crippen molar-refractivity contribution in [2.24, 2.45) is 0 Å². The first-order chi connectivity index (χ1) is 9.96. The Morgan fingerprint density at radius 3 is 2.62 bits per heavy atom. The van der Waals surface area contributed by atoms with Crippen molar-refractivity contribution in [1.29, 1.82) is 0 Å². The zero-order valence-electron chi connectivity index (χ0n) is 12.1. The maximum atomic E-state index is 13.6. The second-order valence-corrected chi connectivity index (χ2v) is 5.91. The lowest BCUT2D eigenvalue weighted by Gasteiger charge is -2.45. The van der Waals surface area contributed by atoms with Crippen LogP contribution in [0.25, 0.3) is 0 Å². The summed E-state index contributed by atoms with van der Waals surface area (Å²) in [4.78, 5) is 26.1. The van der Waals surface area contributed by atoms with E-state index in [9.17, 15) is 14.0 Å². The highest BCUT2D eigenvalue weighted by Gasteiger charge is 2.46. The highest BCUT2D eigenvalue weighted by Crippen LogP contribution is 2.31. The Morgan fingerprint density at radius 1 is 1.33 bits per heavy atom. The Bertz CT molecular complexity index is 573. The molecule has 1 aromatic rings. The Hall–Kier alpha value is -1.43. The van der Waals surface area contributed by atoms with E-state index >= 15 is 0 Å². The summed E-state index contributed by atoms with van der Waals surface area (Å²) in [6.45, 7) is 3.98. The number of piperazine rings is 1. The van der Waals surface area contributed by atoms with Gasteiger partial charge in [0.1, 0.15) is 11.4 Å². The Labute approximate surface area is 131 Å². The third kappa shape index (κ3) is 2.69.